The van der Waals surface area contributed by atoms with E-state index in [1.807, 2.05) is 18.2 Å². The third kappa shape index (κ3) is 3.49. The lowest BCUT2D eigenvalue weighted by Gasteiger charge is -2.41. The highest BCUT2D eigenvalue weighted by Gasteiger charge is 2.49. The van der Waals surface area contributed by atoms with E-state index >= 15 is 0 Å². The fraction of sp³-hybridized carbons (Fsp3) is 0.476. The molecule has 0 unspecified atom stereocenters. The van der Waals surface area contributed by atoms with E-state index in [1.54, 1.807) is 0 Å². The van der Waals surface area contributed by atoms with Crippen LogP contribution in [0.25, 0.3) is 0 Å². The van der Waals surface area contributed by atoms with Gasteiger partial charge in [0.05, 0.1) is 31.6 Å². The molecule has 1 aromatic heterocycles. The van der Waals surface area contributed by atoms with Crippen LogP contribution in [0.5, 0.6) is 5.75 Å². The topological polar surface area (TPSA) is 43.4 Å². The van der Waals surface area contributed by atoms with Crippen LogP contribution in [0, 0.1) is 0 Å². The summed E-state index contributed by atoms with van der Waals surface area (Å²) in [5, 5.41) is 3.56. The van der Waals surface area contributed by atoms with E-state index in [4.69, 9.17) is 9.47 Å². The van der Waals surface area contributed by atoms with Gasteiger partial charge in [0.15, 0.2) is 0 Å². The molecule has 2 aliphatic rings. The van der Waals surface area contributed by atoms with E-state index < -0.39 is 17.5 Å². The van der Waals surface area contributed by atoms with E-state index in [1.165, 1.54) is 7.11 Å². The number of ether oxygens (including phenoxy) is 2. The lowest BCUT2D eigenvalue weighted by molar-refractivity contribution is -0.141. The predicted octanol–water partition coefficient (Wildman–Crippen LogP) is 4.48. The minimum Gasteiger partial charge on any atom is -0.495 e. The van der Waals surface area contributed by atoms with Crippen LogP contribution in [-0.4, -0.2) is 30.8 Å². The van der Waals surface area contributed by atoms with Gasteiger partial charge in [0, 0.05) is 11.5 Å². The van der Waals surface area contributed by atoms with Gasteiger partial charge in [-0.25, -0.2) is 4.98 Å². The van der Waals surface area contributed by atoms with Gasteiger partial charge in [-0.2, -0.15) is 13.2 Å². The molecule has 7 heteroatoms. The van der Waals surface area contributed by atoms with Crippen molar-refractivity contribution < 1.29 is 22.6 Å². The molecule has 2 fully saturated rings. The molecule has 2 aliphatic heterocycles. The van der Waals surface area contributed by atoms with Gasteiger partial charge in [0.2, 0.25) is 0 Å². The molecule has 0 aliphatic carbocycles. The van der Waals surface area contributed by atoms with E-state index in [0.29, 0.717) is 24.3 Å². The predicted molar refractivity (Wildman–Crippen MR) is 98.3 cm³/mol. The lowest BCUT2D eigenvalue weighted by atomic mass is 9.77. The molecule has 4 rings (SSSR count). The summed E-state index contributed by atoms with van der Waals surface area (Å²) >= 11 is 0. The number of hydrogen-bond acceptors (Lipinski definition) is 4. The van der Waals surface area contributed by atoms with Crippen LogP contribution in [0.4, 0.5) is 13.2 Å². The Balaban J connectivity index is 1.66. The monoisotopic (exact) mass is 392 g/mol. The van der Waals surface area contributed by atoms with Crippen molar-refractivity contribution >= 4 is 0 Å². The molecule has 0 amide bonds. The Bertz CT molecular complexity index is 828. The molecule has 1 spiro atoms. The Morgan fingerprint density at radius 1 is 1.25 bits per heavy atom. The van der Waals surface area contributed by atoms with Gasteiger partial charge in [0.1, 0.15) is 11.4 Å². The summed E-state index contributed by atoms with van der Waals surface area (Å²) in [7, 11) is 1.45. The van der Waals surface area contributed by atoms with Crippen LogP contribution in [0.15, 0.2) is 42.6 Å². The number of halogens is 3. The van der Waals surface area contributed by atoms with Gasteiger partial charge in [0.25, 0.3) is 0 Å². The Labute approximate surface area is 162 Å². The molecule has 28 heavy (non-hydrogen) atoms. The molecule has 2 saturated heterocycles. The Morgan fingerprint density at radius 2 is 2.04 bits per heavy atom. The molecule has 3 heterocycles. The number of hydrogen-bond donors (Lipinski definition) is 1. The summed E-state index contributed by atoms with van der Waals surface area (Å²) in [5.74, 6) is 0.198. The largest absolute Gasteiger partial charge is 0.495 e. The Morgan fingerprint density at radius 3 is 2.75 bits per heavy atom. The summed E-state index contributed by atoms with van der Waals surface area (Å²) in [4.78, 5) is 3.52. The number of methoxy groups -OCH3 is 1. The van der Waals surface area contributed by atoms with Crippen molar-refractivity contribution in [1.29, 1.82) is 0 Å². The van der Waals surface area contributed by atoms with Crippen LogP contribution in [0.1, 0.15) is 48.0 Å². The minimum atomic E-state index is -4.49. The number of piperidine rings is 1. The van der Waals surface area contributed by atoms with Crippen molar-refractivity contribution in [2.75, 3.05) is 20.3 Å². The number of nitrogens with one attached hydrogen (secondary N) is 1. The highest BCUT2D eigenvalue weighted by atomic mass is 19.4. The zero-order valence-electron chi connectivity index (χ0n) is 15.6. The smallest absolute Gasteiger partial charge is 0.433 e. The first-order chi connectivity index (χ1) is 13.4. The van der Waals surface area contributed by atoms with Crippen LogP contribution in [-0.2, 0) is 10.9 Å². The fourth-order valence-corrected chi connectivity index (χ4v) is 4.51. The molecule has 1 aromatic carbocycles. The molecule has 0 saturated carbocycles. The number of aromatic nitrogens is 1. The molecule has 3 atom stereocenters. The van der Waals surface area contributed by atoms with Gasteiger partial charge in [-0.05, 0) is 37.4 Å². The van der Waals surface area contributed by atoms with Crippen molar-refractivity contribution in [3.05, 3.63) is 59.4 Å². The van der Waals surface area contributed by atoms with Crippen LogP contribution < -0.4 is 10.1 Å². The second-order valence-corrected chi connectivity index (χ2v) is 7.49. The minimum absolute atomic E-state index is 0.0161. The first-order valence-electron chi connectivity index (χ1n) is 9.46. The van der Waals surface area contributed by atoms with E-state index in [0.717, 1.165) is 37.2 Å². The second-order valence-electron chi connectivity index (χ2n) is 7.49. The molecule has 150 valence electrons. The number of benzene rings is 1. The summed E-state index contributed by atoms with van der Waals surface area (Å²) in [6.45, 7) is 1.26. The lowest BCUT2D eigenvalue weighted by Crippen LogP contribution is -2.48. The Kier molecular flexibility index (Phi) is 5.05. The van der Waals surface area contributed by atoms with Crippen molar-refractivity contribution in [2.24, 2.45) is 0 Å². The maximum absolute atomic E-state index is 13.2. The van der Waals surface area contributed by atoms with Gasteiger partial charge < -0.3 is 14.8 Å². The average Bonchev–Trinajstić information content (AvgIpc) is 3.12. The van der Waals surface area contributed by atoms with Crippen molar-refractivity contribution in [2.45, 2.75) is 43.0 Å². The van der Waals surface area contributed by atoms with E-state index in [9.17, 15) is 13.2 Å². The maximum atomic E-state index is 13.2. The number of nitrogens with zero attached hydrogens (tertiary/aromatic N) is 1. The summed E-state index contributed by atoms with van der Waals surface area (Å²) in [6, 6.07) is 11.2. The zero-order chi connectivity index (χ0) is 19.8. The summed E-state index contributed by atoms with van der Waals surface area (Å²) in [5.41, 5.74) is 0.321. The first-order valence-corrected chi connectivity index (χ1v) is 9.46. The van der Waals surface area contributed by atoms with Crippen molar-refractivity contribution in [1.82, 2.24) is 10.3 Å². The van der Waals surface area contributed by atoms with Gasteiger partial charge in [-0.15, -0.1) is 0 Å². The number of alkyl halides is 3. The quantitative estimate of drug-likeness (QED) is 0.837. The number of pyridine rings is 1. The van der Waals surface area contributed by atoms with Gasteiger partial charge in [-0.1, -0.05) is 30.3 Å². The molecular formula is C21H23F3N2O2. The third-order valence-corrected chi connectivity index (χ3v) is 5.80. The Hall–Kier alpha value is -2.12. The van der Waals surface area contributed by atoms with Crippen LogP contribution >= 0.6 is 0 Å². The van der Waals surface area contributed by atoms with Crippen molar-refractivity contribution in [3.8, 4) is 5.75 Å². The molecule has 2 aromatic rings. The SMILES string of the molecule is COc1cnc(C(F)(F)F)cc1[C@@H]1CO[C@]2(CCCN[C@H]2c2ccccc2)C1. The average molecular weight is 392 g/mol. The zero-order valence-corrected chi connectivity index (χ0v) is 15.6. The van der Waals surface area contributed by atoms with Crippen molar-refractivity contribution in [3.63, 3.8) is 0 Å². The normalized spacial score (nSPS) is 27.9. The molecule has 4 nitrogen and oxygen atoms in total. The van der Waals surface area contributed by atoms with E-state index in [2.05, 4.69) is 22.4 Å². The number of rotatable bonds is 3. The standard InChI is InChI=1S/C21H23F3N2O2/c1-27-17-12-26-18(21(22,23)24)10-16(17)15-11-20(28-13-15)8-5-9-25-19(20)14-6-3-2-4-7-14/h2-4,6-7,10,12,15,19,25H,5,8-9,11,13H2,1H3/t15-,19-,20+/m0/s1. The molecular weight excluding hydrogens is 369 g/mol. The molecule has 0 radical (unpaired) electrons. The van der Waals surface area contributed by atoms with Gasteiger partial charge >= 0.3 is 6.18 Å². The van der Waals surface area contributed by atoms with Gasteiger partial charge in [-0.3, -0.25) is 0 Å². The van der Waals surface area contributed by atoms with Crippen LogP contribution in [0.3, 0.4) is 0 Å². The van der Waals surface area contributed by atoms with Crippen LogP contribution in [0.2, 0.25) is 0 Å². The third-order valence-electron chi connectivity index (χ3n) is 5.80. The molecule has 0 bridgehead atoms. The van der Waals surface area contributed by atoms with E-state index in [-0.39, 0.29) is 12.0 Å². The highest BCUT2D eigenvalue weighted by molar-refractivity contribution is 5.38. The highest BCUT2D eigenvalue weighted by Crippen LogP contribution is 2.49. The summed E-state index contributed by atoms with van der Waals surface area (Å²) in [6.07, 6.45) is -0.849. The fourth-order valence-electron chi connectivity index (χ4n) is 4.51. The maximum Gasteiger partial charge on any atom is 0.433 e. The summed E-state index contributed by atoms with van der Waals surface area (Å²) < 4.78 is 51.2. The first kappa shape index (κ1) is 19.2. The second kappa shape index (κ2) is 7.37. The molecule has 1 N–H and O–H groups in total.